The first-order valence-electron chi connectivity index (χ1n) is 7.56. The van der Waals surface area contributed by atoms with Crippen LogP contribution in [0.1, 0.15) is 44.7 Å². The number of hydrogen-bond donors (Lipinski definition) is 1. The molecule has 2 rings (SSSR count). The highest BCUT2D eigenvalue weighted by Crippen LogP contribution is 2.24. The van der Waals surface area contributed by atoms with Crippen LogP contribution in [-0.2, 0) is 11.3 Å². The van der Waals surface area contributed by atoms with Crippen LogP contribution in [0, 0.1) is 5.92 Å². The van der Waals surface area contributed by atoms with Gasteiger partial charge in [-0.3, -0.25) is 0 Å². The van der Waals surface area contributed by atoms with Crippen molar-refractivity contribution in [3.63, 3.8) is 0 Å². The topological polar surface area (TPSA) is 39.1 Å². The van der Waals surface area contributed by atoms with Crippen LogP contribution in [0.2, 0.25) is 0 Å². The second kappa shape index (κ2) is 7.65. The lowest BCUT2D eigenvalue weighted by molar-refractivity contribution is 0.105. The third-order valence-electron chi connectivity index (χ3n) is 3.64. The second-order valence-electron chi connectivity index (χ2n) is 5.86. The smallest absolute Gasteiger partial charge is 0.0948 e. The van der Waals surface area contributed by atoms with Gasteiger partial charge < -0.3 is 14.6 Å². The minimum absolute atomic E-state index is 0.624. The van der Waals surface area contributed by atoms with E-state index in [2.05, 4.69) is 28.7 Å². The van der Waals surface area contributed by atoms with E-state index in [1.54, 1.807) is 0 Å². The van der Waals surface area contributed by atoms with Gasteiger partial charge in [-0.1, -0.05) is 13.8 Å². The summed E-state index contributed by atoms with van der Waals surface area (Å²) in [5.41, 5.74) is 1.41. The van der Waals surface area contributed by atoms with E-state index in [1.165, 1.54) is 18.5 Å². The Morgan fingerprint density at radius 1 is 1.42 bits per heavy atom. The van der Waals surface area contributed by atoms with E-state index in [9.17, 15) is 0 Å². The lowest BCUT2D eigenvalue weighted by atomic mass is 9.95. The quantitative estimate of drug-likeness (QED) is 0.770. The Balaban J connectivity index is 1.76. The summed E-state index contributed by atoms with van der Waals surface area (Å²) in [6.07, 6.45) is 7.55. The second-order valence-corrected chi connectivity index (χ2v) is 5.86. The molecule has 108 valence electrons. The van der Waals surface area contributed by atoms with Crippen LogP contribution in [0.4, 0.5) is 0 Å². The van der Waals surface area contributed by atoms with Crippen molar-refractivity contribution in [3.05, 3.63) is 18.2 Å². The molecule has 1 aliphatic rings. The molecule has 1 N–H and O–H groups in total. The number of nitrogens with one attached hydrogen (secondary N) is 1. The molecule has 1 fully saturated rings. The summed E-state index contributed by atoms with van der Waals surface area (Å²) in [6, 6.07) is 0. The number of piperidine rings is 1. The molecule has 0 bridgehead atoms. The van der Waals surface area contributed by atoms with Gasteiger partial charge in [-0.05, 0) is 38.3 Å². The largest absolute Gasteiger partial charge is 0.381 e. The van der Waals surface area contributed by atoms with Gasteiger partial charge in [0.2, 0.25) is 0 Å². The fraction of sp³-hybridized carbons (Fsp3) is 0.800. The van der Waals surface area contributed by atoms with Crippen LogP contribution in [0.25, 0.3) is 0 Å². The molecule has 1 aromatic rings. The molecule has 0 amide bonds. The van der Waals surface area contributed by atoms with Crippen molar-refractivity contribution in [3.8, 4) is 0 Å². The third kappa shape index (κ3) is 4.62. The Morgan fingerprint density at radius 3 is 2.95 bits per heavy atom. The molecule has 0 unspecified atom stereocenters. The highest BCUT2D eigenvalue weighted by Gasteiger charge is 2.18. The fourth-order valence-electron chi connectivity index (χ4n) is 2.63. The lowest BCUT2D eigenvalue weighted by Gasteiger charge is -2.23. The Labute approximate surface area is 116 Å². The summed E-state index contributed by atoms with van der Waals surface area (Å²) in [5, 5.41) is 3.42. The molecular formula is C15H27N3O. The monoisotopic (exact) mass is 265 g/mol. The normalized spacial score (nSPS) is 17.2. The van der Waals surface area contributed by atoms with Crippen LogP contribution < -0.4 is 5.32 Å². The van der Waals surface area contributed by atoms with Crippen molar-refractivity contribution in [2.45, 2.75) is 45.6 Å². The molecule has 0 atom stereocenters. The average molecular weight is 265 g/mol. The molecule has 0 saturated carbocycles. The van der Waals surface area contributed by atoms with Crippen molar-refractivity contribution < 1.29 is 4.74 Å². The van der Waals surface area contributed by atoms with Crippen molar-refractivity contribution in [1.29, 1.82) is 0 Å². The maximum absolute atomic E-state index is 5.63. The van der Waals surface area contributed by atoms with Crippen molar-refractivity contribution in [1.82, 2.24) is 14.9 Å². The summed E-state index contributed by atoms with van der Waals surface area (Å²) < 4.78 is 7.95. The number of rotatable bonds is 7. The summed E-state index contributed by atoms with van der Waals surface area (Å²) >= 11 is 0. The molecule has 2 heterocycles. The Kier molecular flexibility index (Phi) is 5.86. The highest BCUT2D eigenvalue weighted by molar-refractivity contribution is 5.07. The molecule has 4 heteroatoms. The van der Waals surface area contributed by atoms with Crippen LogP contribution in [-0.4, -0.2) is 35.9 Å². The average Bonchev–Trinajstić information content (AvgIpc) is 2.87. The Bertz CT molecular complexity index is 356. The summed E-state index contributed by atoms with van der Waals surface area (Å²) in [6.45, 7) is 9.38. The maximum Gasteiger partial charge on any atom is 0.0948 e. The zero-order valence-corrected chi connectivity index (χ0v) is 12.3. The van der Waals surface area contributed by atoms with Gasteiger partial charge in [-0.25, -0.2) is 4.98 Å². The van der Waals surface area contributed by atoms with Gasteiger partial charge in [0.25, 0.3) is 0 Å². The first-order chi connectivity index (χ1) is 9.27. The molecule has 1 saturated heterocycles. The number of imidazole rings is 1. The third-order valence-corrected chi connectivity index (χ3v) is 3.64. The van der Waals surface area contributed by atoms with Crippen molar-refractivity contribution >= 4 is 0 Å². The van der Waals surface area contributed by atoms with E-state index in [4.69, 9.17) is 4.74 Å². The lowest BCUT2D eigenvalue weighted by Crippen LogP contribution is -2.27. The van der Waals surface area contributed by atoms with Gasteiger partial charge in [0.15, 0.2) is 0 Å². The first kappa shape index (κ1) is 14.5. The molecule has 1 aliphatic heterocycles. The van der Waals surface area contributed by atoms with E-state index >= 15 is 0 Å². The van der Waals surface area contributed by atoms with Gasteiger partial charge >= 0.3 is 0 Å². The molecule has 1 aromatic heterocycles. The van der Waals surface area contributed by atoms with E-state index in [-0.39, 0.29) is 0 Å². The first-order valence-corrected chi connectivity index (χ1v) is 7.56. The summed E-state index contributed by atoms with van der Waals surface area (Å²) in [7, 11) is 0. The number of aromatic nitrogens is 2. The van der Waals surface area contributed by atoms with Crippen LogP contribution >= 0.6 is 0 Å². The molecule has 0 aromatic carbocycles. The van der Waals surface area contributed by atoms with E-state index in [0.29, 0.717) is 11.8 Å². The van der Waals surface area contributed by atoms with Crippen LogP contribution in [0.15, 0.2) is 12.5 Å². The summed E-state index contributed by atoms with van der Waals surface area (Å²) in [4.78, 5) is 4.33. The standard InChI is InChI=1S/C15H27N3O/c1-13(2)11-19-9-3-8-18-12-17-10-15(18)14-4-6-16-7-5-14/h10,12-14,16H,3-9,11H2,1-2H3. The molecule has 0 radical (unpaired) electrons. The molecule has 19 heavy (non-hydrogen) atoms. The molecular weight excluding hydrogens is 238 g/mol. The number of ether oxygens (including phenoxy) is 1. The number of nitrogens with zero attached hydrogens (tertiary/aromatic N) is 2. The minimum atomic E-state index is 0.624. The van der Waals surface area contributed by atoms with Gasteiger partial charge in [0.1, 0.15) is 0 Å². The SMILES string of the molecule is CC(C)COCCCn1cncc1C1CCNCC1. The van der Waals surface area contributed by atoms with Crippen LogP contribution in [0.3, 0.4) is 0 Å². The Hall–Kier alpha value is -0.870. The van der Waals surface area contributed by atoms with Gasteiger partial charge in [-0.2, -0.15) is 0 Å². The minimum Gasteiger partial charge on any atom is -0.381 e. The predicted molar refractivity (Wildman–Crippen MR) is 77.3 cm³/mol. The van der Waals surface area contributed by atoms with E-state index in [1.807, 2.05) is 12.5 Å². The fourth-order valence-corrected chi connectivity index (χ4v) is 2.63. The zero-order chi connectivity index (χ0) is 13.5. The van der Waals surface area contributed by atoms with E-state index in [0.717, 1.165) is 39.3 Å². The van der Waals surface area contributed by atoms with Gasteiger partial charge in [0.05, 0.1) is 6.33 Å². The Morgan fingerprint density at radius 2 is 2.21 bits per heavy atom. The maximum atomic E-state index is 5.63. The molecule has 0 aliphatic carbocycles. The van der Waals surface area contributed by atoms with Crippen molar-refractivity contribution in [2.24, 2.45) is 5.92 Å². The summed E-state index contributed by atoms with van der Waals surface area (Å²) in [5.74, 6) is 1.30. The van der Waals surface area contributed by atoms with Gasteiger partial charge in [-0.15, -0.1) is 0 Å². The number of aryl methyl sites for hydroxylation is 1. The van der Waals surface area contributed by atoms with E-state index < -0.39 is 0 Å². The predicted octanol–water partition coefficient (Wildman–Crippen LogP) is 2.41. The van der Waals surface area contributed by atoms with Crippen molar-refractivity contribution in [2.75, 3.05) is 26.3 Å². The molecule has 4 nitrogen and oxygen atoms in total. The highest BCUT2D eigenvalue weighted by atomic mass is 16.5. The van der Waals surface area contributed by atoms with Gasteiger partial charge in [0, 0.05) is 37.6 Å². The molecule has 0 spiro atoms. The van der Waals surface area contributed by atoms with Crippen LogP contribution in [0.5, 0.6) is 0 Å². The zero-order valence-electron chi connectivity index (χ0n) is 12.3. The number of hydrogen-bond acceptors (Lipinski definition) is 3.